The third kappa shape index (κ3) is 4.46. The van der Waals surface area contributed by atoms with Crippen molar-refractivity contribution in [3.05, 3.63) is 24.3 Å². The molecule has 0 aliphatic rings. The molecule has 0 unspecified atom stereocenters. The van der Waals surface area contributed by atoms with Crippen LogP contribution in [-0.4, -0.2) is 16.9 Å². The first-order valence-electron chi connectivity index (χ1n) is 3.41. The van der Waals surface area contributed by atoms with Crippen molar-refractivity contribution >= 4 is 7.82 Å². The standard InChI is InChI=1S/C7H9O5P.Na.H/c1-11-6-4-2-3-5-7(6)12-13(8,9)10;;/h2-5H,1H3,(H2,8,9,10);;/q;+1;-1. The van der Waals surface area contributed by atoms with E-state index in [1.165, 1.54) is 13.2 Å². The molecule has 1 aromatic rings. The van der Waals surface area contributed by atoms with E-state index in [1.54, 1.807) is 18.2 Å². The Morgan fingerprint density at radius 3 is 2.21 bits per heavy atom. The summed E-state index contributed by atoms with van der Waals surface area (Å²) in [4.78, 5) is 17.0. The Kier molecular flexibility index (Phi) is 5.74. The zero-order valence-electron chi connectivity index (χ0n) is 8.88. The number of methoxy groups -OCH3 is 1. The SMILES string of the molecule is COc1ccccc1OP(=O)(O)O.[H-].[Na+]. The van der Waals surface area contributed by atoms with E-state index in [0.29, 0.717) is 0 Å². The number of phosphoric ester groups is 1. The van der Waals surface area contributed by atoms with Gasteiger partial charge in [0.1, 0.15) is 0 Å². The summed E-state index contributed by atoms with van der Waals surface area (Å²) in [7, 11) is -3.12. The minimum Gasteiger partial charge on any atom is -1.00 e. The molecular weight excluding hydrogens is 218 g/mol. The van der Waals surface area contributed by atoms with Gasteiger partial charge in [0.05, 0.1) is 7.11 Å². The van der Waals surface area contributed by atoms with E-state index in [1.807, 2.05) is 0 Å². The number of benzene rings is 1. The van der Waals surface area contributed by atoms with E-state index >= 15 is 0 Å². The van der Waals surface area contributed by atoms with Gasteiger partial charge in [-0.1, -0.05) is 12.1 Å². The summed E-state index contributed by atoms with van der Waals surface area (Å²) in [5.41, 5.74) is 0. The van der Waals surface area contributed by atoms with Crippen molar-refractivity contribution in [1.29, 1.82) is 0 Å². The molecular formula is C7H10NaO5P. The van der Waals surface area contributed by atoms with Crippen LogP contribution >= 0.6 is 7.82 Å². The Hall–Kier alpha value is -0.0300. The first-order valence-corrected chi connectivity index (χ1v) is 4.94. The van der Waals surface area contributed by atoms with E-state index in [9.17, 15) is 4.57 Å². The minimum absolute atomic E-state index is 0. The molecule has 14 heavy (non-hydrogen) atoms. The molecule has 0 aliphatic carbocycles. The van der Waals surface area contributed by atoms with E-state index < -0.39 is 7.82 Å². The van der Waals surface area contributed by atoms with Crippen molar-refractivity contribution in [2.45, 2.75) is 0 Å². The van der Waals surface area contributed by atoms with Gasteiger partial charge in [-0.05, 0) is 12.1 Å². The number of rotatable bonds is 3. The molecule has 0 spiro atoms. The molecule has 5 nitrogen and oxygen atoms in total. The molecule has 0 amide bonds. The summed E-state index contributed by atoms with van der Waals surface area (Å²) < 4.78 is 19.7. The third-order valence-corrected chi connectivity index (χ3v) is 1.72. The van der Waals surface area contributed by atoms with E-state index in [0.717, 1.165) is 0 Å². The van der Waals surface area contributed by atoms with Crippen LogP contribution in [0.25, 0.3) is 0 Å². The Morgan fingerprint density at radius 2 is 1.79 bits per heavy atom. The first-order chi connectivity index (χ1) is 6.03. The monoisotopic (exact) mass is 228 g/mol. The van der Waals surface area contributed by atoms with Gasteiger partial charge in [-0.25, -0.2) is 4.57 Å². The number of hydrogen-bond donors (Lipinski definition) is 2. The first kappa shape index (κ1) is 14.0. The molecule has 0 radical (unpaired) electrons. The average Bonchev–Trinajstić information content (AvgIpc) is 2.02. The number of hydrogen-bond acceptors (Lipinski definition) is 3. The van der Waals surface area contributed by atoms with Gasteiger partial charge in [-0.15, -0.1) is 0 Å². The van der Waals surface area contributed by atoms with Crippen molar-refractivity contribution in [3.63, 3.8) is 0 Å². The smallest absolute Gasteiger partial charge is 1.00 e. The van der Waals surface area contributed by atoms with Gasteiger partial charge < -0.3 is 10.7 Å². The summed E-state index contributed by atoms with van der Waals surface area (Å²) in [6.07, 6.45) is 0. The number of phosphoric acid groups is 1. The predicted octanol–water partition coefficient (Wildman–Crippen LogP) is -1.72. The Labute approximate surface area is 105 Å². The second-order valence-corrected chi connectivity index (χ2v) is 3.40. The maximum Gasteiger partial charge on any atom is 1.00 e. The summed E-state index contributed by atoms with van der Waals surface area (Å²) >= 11 is 0. The molecule has 0 fully saturated rings. The Bertz CT molecular complexity index is 342. The van der Waals surface area contributed by atoms with Gasteiger partial charge in [0.15, 0.2) is 11.5 Å². The van der Waals surface area contributed by atoms with Crippen molar-refractivity contribution in [3.8, 4) is 11.5 Å². The summed E-state index contributed by atoms with van der Waals surface area (Å²) in [6, 6.07) is 6.22. The quantitative estimate of drug-likeness (QED) is 0.475. The Morgan fingerprint density at radius 1 is 1.29 bits per heavy atom. The fraction of sp³-hybridized carbons (Fsp3) is 0.143. The summed E-state index contributed by atoms with van der Waals surface area (Å²) in [5, 5.41) is 0. The van der Waals surface area contributed by atoms with Gasteiger partial charge >= 0.3 is 37.4 Å². The van der Waals surface area contributed by atoms with Crippen molar-refractivity contribution < 1.29 is 54.6 Å². The summed E-state index contributed by atoms with van der Waals surface area (Å²) in [6.45, 7) is 0. The van der Waals surface area contributed by atoms with Crippen LogP contribution in [0.3, 0.4) is 0 Å². The van der Waals surface area contributed by atoms with E-state index in [2.05, 4.69) is 4.52 Å². The fourth-order valence-corrected chi connectivity index (χ4v) is 1.23. The van der Waals surface area contributed by atoms with Gasteiger partial charge in [0.25, 0.3) is 0 Å². The molecule has 0 bridgehead atoms. The van der Waals surface area contributed by atoms with Crippen molar-refractivity contribution in [2.75, 3.05) is 7.11 Å². The van der Waals surface area contributed by atoms with E-state index in [4.69, 9.17) is 14.5 Å². The molecule has 7 heteroatoms. The minimum atomic E-state index is -4.51. The zero-order valence-corrected chi connectivity index (χ0v) is 10.8. The van der Waals surface area contributed by atoms with Crippen molar-refractivity contribution in [1.82, 2.24) is 0 Å². The topological polar surface area (TPSA) is 76.0 Å². The van der Waals surface area contributed by atoms with Gasteiger partial charge in [0, 0.05) is 0 Å². The van der Waals surface area contributed by atoms with Gasteiger partial charge in [-0.2, -0.15) is 0 Å². The second kappa shape index (κ2) is 5.75. The maximum atomic E-state index is 10.5. The normalized spacial score (nSPS) is 10.2. The second-order valence-electron chi connectivity index (χ2n) is 2.23. The van der Waals surface area contributed by atoms with Gasteiger partial charge in [0.2, 0.25) is 0 Å². The number of ether oxygens (including phenoxy) is 1. The van der Waals surface area contributed by atoms with Crippen LogP contribution in [0, 0.1) is 0 Å². The van der Waals surface area contributed by atoms with Gasteiger partial charge in [-0.3, -0.25) is 9.79 Å². The maximum absolute atomic E-state index is 10.5. The molecule has 0 aliphatic heterocycles. The van der Waals surface area contributed by atoms with Crippen LogP contribution in [0.4, 0.5) is 0 Å². The van der Waals surface area contributed by atoms with Crippen LogP contribution in [0.2, 0.25) is 0 Å². The summed E-state index contributed by atoms with van der Waals surface area (Å²) in [5.74, 6) is 0.309. The molecule has 0 atom stereocenters. The van der Waals surface area contributed by atoms with Crippen molar-refractivity contribution in [2.24, 2.45) is 0 Å². The predicted molar refractivity (Wildman–Crippen MR) is 46.8 cm³/mol. The molecule has 0 saturated carbocycles. The largest absolute Gasteiger partial charge is 1.00 e. The molecule has 1 rings (SSSR count). The van der Waals surface area contributed by atoms with Crippen LogP contribution in [0.5, 0.6) is 11.5 Å². The average molecular weight is 228 g/mol. The zero-order chi connectivity index (χ0) is 9.90. The Balaban J connectivity index is 0. The van der Waals surface area contributed by atoms with Crippen LogP contribution in [-0.2, 0) is 4.57 Å². The molecule has 1 aromatic carbocycles. The van der Waals surface area contributed by atoms with E-state index in [-0.39, 0.29) is 42.5 Å². The molecule has 0 aromatic heterocycles. The molecule has 74 valence electrons. The fourth-order valence-electron chi connectivity index (χ4n) is 0.822. The van der Waals surface area contributed by atoms with Crippen LogP contribution < -0.4 is 38.8 Å². The molecule has 0 saturated heterocycles. The third-order valence-electron chi connectivity index (χ3n) is 1.29. The molecule has 0 heterocycles. The van der Waals surface area contributed by atoms with Crippen LogP contribution in [0.15, 0.2) is 24.3 Å². The number of para-hydroxylation sites is 2. The van der Waals surface area contributed by atoms with Crippen LogP contribution in [0.1, 0.15) is 1.43 Å². The molecule has 2 N–H and O–H groups in total.